The molecule has 1 aromatic heterocycles. The molecule has 2 aromatic rings. The number of benzene rings is 1. The van der Waals surface area contributed by atoms with Crippen LogP contribution >= 0.6 is 0 Å². The van der Waals surface area contributed by atoms with Gasteiger partial charge in [-0.2, -0.15) is 0 Å². The molecule has 0 unspecified atom stereocenters. The van der Waals surface area contributed by atoms with E-state index in [0.29, 0.717) is 12.5 Å². The van der Waals surface area contributed by atoms with E-state index in [0.717, 1.165) is 28.3 Å². The second kappa shape index (κ2) is 5.95. The van der Waals surface area contributed by atoms with Crippen molar-refractivity contribution in [1.82, 2.24) is 4.98 Å². The number of hydrogen-bond acceptors (Lipinski definition) is 3. The largest absolute Gasteiger partial charge is 0.487 e. The van der Waals surface area contributed by atoms with E-state index in [9.17, 15) is 0 Å². The van der Waals surface area contributed by atoms with E-state index >= 15 is 0 Å². The average Bonchev–Trinajstić information content (AvgIpc) is 2.44. The number of rotatable bonds is 4. The van der Waals surface area contributed by atoms with Crippen molar-refractivity contribution in [3.05, 3.63) is 52.8 Å². The van der Waals surface area contributed by atoms with Crippen LogP contribution in [-0.2, 0) is 6.61 Å². The molecule has 3 nitrogen and oxygen atoms in total. The van der Waals surface area contributed by atoms with Crippen molar-refractivity contribution in [3.63, 3.8) is 0 Å². The summed E-state index contributed by atoms with van der Waals surface area (Å²) in [6.07, 6.45) is 1.80. The van der Waals surface area contributed by atoms with Gasteiger partial charge in [-0.1, -0.05) is 32.0 Å². The molecular formula is C17H22N2O. The monoisotopic (exact) mass is 270 g/mol. The summed E-state index contributed by atoms with van der Waals surface area (Å²) in [6, 6.07) is 8.13. The van der Waals surface area contributed by atoms with Gasteiger partial charge in [-0.05, 0) is 42.5 Å². The van der Waals surface area contributed by atoms with E-state index < -0.39 is 0 Å². The first-order valence-corrected chi connectivity index (χ1v) is 6.93. The normalized spacial score (nSPS) is 10.8. The van der Waals surface area contributed by atoms with Crippen LogP contribution in [0.15, 0.2) is 30.5 Å². The number of nitrogens with two attached hydrogens (primary N) is 1. The Balaban J connectivity index is 2.20. The lowest BCUT2D eigenvalue weighted by Gasteiger charge is -2.15. The smallest absolute Gasteiger partial charge is 0.131 e. The minimum absolute atomic E-state index is 0.434. The predicted octanol–water partition coefficient (Wildman–Crippen LogP) is 3.98. The van der Waals surface area contributed by atoms with Crippen LogP contribution in [0.3, 0.4) is 0 Å². The zero-order valence-electron chi connectivity index (χ0n) is 12.6. The highest BCUT2D eigenvalue weighted by Crippen LogP contribution is 2.27. The van der Waals surface area contributed by atoms with E-state index in [1.54, 1.807) is 6.20 Å². The van der Waals surface area contributed by atoms with Crippen molar-refractivity contribution in [3.8, 4) is 5.75 Å². The Bertz CT molecular complexity index is 606. The predicted molar refractivity (Wildman–Crippen MR) is 83.0 cm³/mol. The topological polar surface area (TPSA) is 48.1 Å². The summed E-state index contributed by atoms with van der Waals surface area (Å²) in [6.45, 7) is 8.72. The average molecular weight is 270 g/mol. The van der Waals surface area contributed by atoms with Gasteiger partial charge in [0.25, 0.3) is 0 Å². The van der Waals surface area contributed by atoms with Crippen LogP contribution in [0.1, 0.15) is 42.1 Å². The van der Waals surface area contributed by atoms with E-state index in [1.807, 2.05) is 32.0 Å². The lowest BCUT2D eigenvalue weighted by atomic mass is 10.0. The third-order valence-electron chi connectivity index (χ3n) is 3.58. The first-order chi connectivity index (χ1) is 9.50. The molecule has 0 radical (unpaired) electrons. The molecule has 0 saturated heterocycles. The number of nitrogens with zero attached hydrogens (tertiary/aromatic N) is 1. The molecule has 0 aliphatic carbocycles. The number of aromatic nitrogens is 1. The summed E-state index contributed by atoms with van der Waals surface area (Å²) in [4.78, 5) is 4.42. The van der Waals surface area contributed by atoms with Gasteiger partial charge in [0.1, 0.15) is 12.4 Å². The van der Waals surface area contributed by atoms with Gasteiger partial charge in [-0.3, -0.25) is 4.98 Å². The van der Waals surface area contributed by atoms with Crippen LogP contribution in [0.4, 0.5) is 5.69 Å². The van der Waals surface area contributed by atoms with Gasteiger partial charge in [0.05, 0.1) is 5.69 Å². The number of aryl methyl sites for hydroxylation is 1. The number of pyridine rings is 1. The lowest BCUT2D eigenvalue weighted by molar-refractivity contribution is 0.296. The standard InChI is InChI=1S/C17H22N2O/c1-11(2)14-7-5-6-8-16(14)20-10-15-13(4)17(18)12(3)9-19-15/h5-9,11H,10H2,1-4H3,(H2,18,19). The molecule has 2 rings (SSSR count). The highest BCUT2D eigenvalue weighted by Gasteiger charge is 2.10. The molecule has 0 fully saturated rings. The van der Waals surface area contributed by atoms with Gasteiger partial charge in [-0.25, -0.2) is 0 Å². The van der Waals surface area contributed by atoms with Gasteiger partial charge < -0.3 is 10.5 Å². The van der Waals surface area contributed by atoms with Gasteiger partial charge >= 0.3 is 0 Å². The van der Waals surface area contributed by atoms with Crippen molar-refractivity contribution in [2.45, 2.75) is 40.2 Å². The van der Waals surface area contributed by atoms with Crippen molar-refractivity contribution in [2.75, 3.05) is 5.73 Å². The van der Waals surface area contributed by atoms with Crippen LogP contribution in [-0.4, -0.2) is 4.98 Å². The van der Waals surface area contributed by atoms with Crippen LogP contribution in [0.2, 0.25) is 0 Å². The number of hydrogen-bond donors (Lipinski definition) is 1. The molecule has 0 atom stereocenters. The fourth-order valence-electron chi connectivity index (χ4n) is 2.17. The number of para-hydroxylation sites is 1. The Labute approximate surface area is 120 Å². The second-order valence-corrected chi connectivity index (χ2v) is 5.41. The maximum absolute atomic E-state index is 6.03. The SMILES string of the molecule is Cc1cnc(COc2ccccc2C(C)C)c(C)c1N. The van der Waals surface area contributed by atoms with Crippen molar-refractivity contribution >= 4 is 5.69 Å². The summed E-state index contributed by atoms with van der Waals surface area (Å²) < 4.78 is 5.94. The first-order valence-electron chi connectivity index (χ1n) is 6.93. The minimum atomic E-state index is 0.434. The quantitative estimate of drug-likeness (QED) is 0.914. The van der Waals surface area contributed by atoms with Gasteiger partial charge in [0.2, 0.25) is 0 Å². The molecule has 106 valence electrons. The van der Waals surface area contributed by atoms with Gasteiger partial charge in [-0.15, -0.1) is 0 Å². The first kappa shape index (κ1) is 14.4. The molecule has 0 aliphatic rings. The second-order valence-electron chi connectivity index (χ2n) is 5.41. The van der Waals surface area contributed by atoms with E-state index in [2.05, 4.69) is 24.9 Å². The fourth-order valence-corrected chi connectivity index (χ4v) is 2.17. The van der Waals surface area contributed by atoms with Crippen molar-refractivity contribution in [2.24, 2.45) is 0 Å². The number of nitrogen functional groups attached to an aromatic ring is 1. The maximum atomic E-state index is 6.03. The Morgan fingerprint density at radius 2 is 1.90 bits per heavy atom. The van der Waals surface area contributed by atoms with E-state index in [-0.39, 0.29) is 0 Å². The molecule has 0 saturated carbocycles. The molecule has 0 amide bonds. The minimum Gasteiger partial charge on any atom is -0.487 e. The zero-order valence-corrected chi connectivity index (χ0v) is 12.6. The Hall–Kier alpha value is -2.03. The van der Waals surface area contributed by atoms with Crippen LogP contribution in [0.25, 0.3) is 0 Å². The molecule has 20 heavy (non-hydrogen) atoms. The van der Waals surface area contributed by atoms with E-state index in [1.165, 1.54) is 5.56 Å². The summed E-state index contributed by atoms with van der Waals surface area (Å²) in [5.41, 5.74) is 11.0. The molecule has 0 aliphatic heterocycles. The summed E-state index contributed by atoms with van der Waals surface area (Å²) in [7, 11) is 0. The van der Waals surface area contributed by atoms with Gasteiger partial charge in [0.15, 0.2) is 0 Å². The number of ether oxygens (including phenoxy) is 1. The molecule has 0 bridgehead atoms. The highest BCUT2D eigenvalue weighted by molar-refractivity contribution is 5.53. The third-order valence-corrected chi connectivity index (χ3v) is 3.58. The summed E-state index contributed by atoms with van der Waals surface area (Å²) in [5, 5.41) is 0. The van der Waals surface area contributed by atoms with Crippen LogP contribution in [0, 0.1) is 13.8 Å². The Morgan fingerprint density at radius 1 is 1.20 bits per heavy atom. The van der Waals surface area contributed by atoms with Crippen molar-refractivity contribution in [1.29, 1.82) is 0 Å². The molecule has 1 aromatic carbocycles. The lowest BCUT2D eigenvalue weighted by Crippen LogP contribution is -2.06. The third kappa shape index (κ3) is 2.93. The van der Waals surface area contributed by atoms with E-state index in [4.69, 9.17) is 10.5 Å². The van der Waals surface area contributed by atoms with Crippen LogP contribution < -0.4 is 10.5 Å². The zero-order chi connectivity index (χ0) is 14.7. The number of anilines is 1. The highest BCUT2D eigenvalue weighted by atomic mass is 16.5. The summed E-state index contributed by atoms with van der Waals surface area (Å²) in [5.74, 6) is 1.35. The van der Waals surface area contributed by atoms with Gasteiger partial charge in [0, 0.05) is 11.9 Å². The molecule has 3 heteroatoms. The van der Waals surface area contributed by atoms with Crippen LogP contribution in [0.5, 0.6) is 5.75 Å². The molecule has 2 N–H and O–H groups in total. The molecular weight excluding hydrogens is 248 g/mol. The van der Waals surface area contributed by atoms with Crippen molar-refractivity contribution < 1.29 is 4.74 Å². The molecule has 0 spiro atoms. The Kier molecular flexibility index (Phi) is 4.28. The Morgan fingerprint density at radius 3 is 2.60 bits per heavy atom. The fraction of sp³-hybridized carbons (Fsp3) is 0.353. The maximum Gasteiger partial charge on any atom is 0.131 e. The summed E-state index contributed by atoms with van der Waals surface area (Å²) >= 11 is 0. The molecule has 1 heterocycles.